The van der Waals surface area contributed by atoms with Crippen LogP contribution in [0, 0.1) is 17.6 Å². The Kier molecular flexibility index (Phi) is 10.9. The lowest BCUT2D eigenvalue weighted by Crippen LogP contribution is -2.17. The Hall–Kier alpha value is -9.35. The van der Waals surface area contributed by atoms with E-state index in [-0.39, 0.29) is 17.6 Å². The van der Waals surface area contributed by atoms with Crippen molar-refractivity contribution in [3.8, 4) is 78.9 Å². The number of anilines is 1. The number of benzene rings is 4. The molecule has 0 aliphatic heterocycles. The first-order chi connectivity index (χ1) is 35.1. The van der Waals surface area contributed by atoms with Crippen molar-refractivity contribution in [3.05, 3.63) is 151 Å². The smallest absolute Gasteiger partial charge is 0.226 e. The van der Waals surface area contributed by atoms with Crippen molar-refractivity contribution in [1.82, 2.24) is 65.6 Å². The van der Waals surface area contributed by atoms with E-state index >= 15 is 4.39 Å². The average Bonchev–Trinajstić information content (AvgIpc) is 4.23. The maximum atomic E-state index is 16.7. The van der Waals surface area contributed by atoms with Crippen LogP contribution >= 0.6 is 0 Å². The molecule has 0 saturated carbocycles. The molecule has 0 unspecified atom stereocenters. The Morgan fingerprint density at radius 1 is 0.597 bits per heavy atom. The summed E-state index contributed by atoms with van der Waals surface area (Å²) in [5.74, 6) is -0.0987. The molecule has 8 aromatic heterocycles. The van der Waals surface area contributed by atoms with Crippen LogP contribution in [0.2, 0.25) is 0 Å². The van der Waals surface area contributed by atoms with Gasteiger partial charge >= 0.3 is 0 Å². The number of aromatic nitrogens is 12. The van der Waals surface area contributed by atoms with Crippen molar-refractivity contribution in [3.63, 3.8) is 0 Å². The van der Waals surface area contributed by atoms with E-state index in [1.54, 1.807) is 55.2 Å². The second-order valence-electron chi connectivity index (χ2n) is 17.8. The highest BCUT2D eigenvalue weighted by atomic mass is 19.1. The molecule has 0 atom stereocenters. The number of hydrogen-bond donors (Lipinski definition) is 6. The fraction of sp³-hybridized carbons (Fsp3) is 0.109. The van der Waals surface area contributed by atoms with Gasteiger partial charge in [-0.15, -0.1) is 0 Å². The first-order valence-electron chi connectivity index (χ1n) is 23.3. The van der Waals surface area contributed by atoms with E-state index in [4.69, 9.17) is 20.1 Å². The Bertz CT molecular complexity index is 4060. The molecule has 0 spiro atoms. The zero-order chi connectivity index (χ0) is 49.0. The van der Waals surface area contributed by atoms with Gasteiger partial charge in [0, 0.05) is 87.6 Å². The van der Waals surface area contributed by atoms with Gasteiger partial charge in [0.25, 0.3) is 0 Å². The topological polar surface area (TPSA) is 207 Å². The van der Waals surface area contributed by atoms with Gasteiger partial charge in [0.1, 0.15) is 34.1 Å². The van der Waals surface area contributed by atoms with Gasteiger partial charge in [-0.3, -0.25) is 34.9 Å². The van der Waals surface area contributed by atoms with E-state index in [1.165, 1.54) is 18.2 Å². The lowest BCUT2D eigenvalue weighted by molar-refractivity contribution is -0.118. The summed E-state index contributed by atoms with van der Waals surface area (Å²) in [5, 5.41) is 23.7. The number of nitrogens with zero attached hydrogens (tertiary/aromatic N) is 8. The number of imidazole rings is 2. The van der Waals surface area contributed by atoms with E-state index in [2.05, 4.69) is 56.9 Å². The minimum atomic E-state index is -0.456. The van der Waals surface area contributed by atoms with Crippen molar-refractivity contribution < 1.29 is 13.6 Å². The third kappa shape index (κ3) is 7.96. The molecular weight excluding hydrogens is 911 g/mol. The number of pyridine rings is 4. The second-order valence-corrected chi connectivity index (χ2v) is 17.8. The van der Waals surface area contributed by atoms with Crippen LogP contribution in [-0.2, 0) is 11.3 Å². The number of carbonyl (C=O) groups excluding carboxylic acids is 1. The lowest BCUT2D eigenvalue weighted by Gasteiger charge is -2.12. The largest absolute Gasteiger partial charge is 0.336 e. The second kappa shape index (κ2) is 17.9. The number of rotatable bonds is 12. The summed E-state index contributed by atoms with van der Waals surface area (Å²) in [6.07, 6.45) is 10.4. The van der Waals surface area contributed by atoms with Crippen molar-refractivity contribution in [2.75, 3.05) is 11.9 Å². The Morgan fingerprint density at radius 2 is 1.24 bits per heavy atom. The zero-order valence-electron chi connectivity index (χ0n) is 38.9. The van der Waals surface area contributed by atoms with E-state index in [1.807, 2.05) is 75.5 Å². The summed E-state index contributed by atoms with van der Waals surface area (Å²) >= 11 is 0. The molecule has 0 radical (unpaired) electrons. The highest BCUT2D eigenvalue weighted by Gasteiger charge is 2.23. The Labute approximate surface area is 408 Å². The van der Waals surface area contributed by atoms with E-state index in [9.17, 15) is 9.18 Å². The van der Waals surface area contributed by atoms with E-state index < -0.39 is 5.82 Å². The monoisotopic (exact) mass is 952 g/mol. The summed E-state index contributed by atoms with van der Waals surface area (Å²) in [5.41, 5.74) is 13.3. The third-order valence-corrected chi connectivity index (χ3v) is 12.7. The minimum absolute atomic E-state index is 0.0936. The van der Waals surface area contributed by atoms with Crippen LogP contribution < -0.4 is 10.6 Å². The fourth-order valence-corrected chi connectivity index (χ4v) is 9.02. The number of nitrogens with one attached hydrogen (secondary N) is 6. The van der Waals surface area contributed by atoms with Gasteiger partial charge in [-0.2, -0.15) is 10.2 Å². The zero-order valence-corrected chi connectivity index (χ0v) is 38.9. The molecule has 0 aliphatic carbocycles. The highest BCUT2D eigenvalue weighted by molar-refractivity contribution is 6.05. The molecule has 12 aromatic rings. The third-order valence-electron chi connectivity index (χ3n) is 12.7. The number of aromatic amines is 4. The molecule has 6 N–H and O–H groups in total. The molecule has 17 heteroatoms. The maximum absolute atomic E-state index is 16.7. The molecule has 0 fully saturated rings. The molecule has 352 valence electrons. The molecule has 8 heterocycles. The van der Waals surface area contributed by atoms with Crippen LogP contribution in [0.4, 0.5) is 14.5 Å². The summed E-state index contributed by atoms with van der Waals surface area (Å²) < 4.78 is 30.6. The summed E-state index contributed by atoms with van der Waals surface area (Å²) in [6.45, 7) is 7.15. The van der Waals surface area contributed by atoms with Gasteiger partial charge in [-0.05, 0) is 114 Å². The van der Waals surface area contributed by atoms with Gasteiger partial charge in [-0.25, -0.2) is 18.7 Å². The maximum Gasteiger partial charge on any atom is 0.226 e. The van der Waals surface area contributed by atoms with E-state index in [0.29, 0.717) is 102 Å². The molecule has 1 amide bonds. The van der Waals surface area contributed by atoms with Crippen LogP contribution in [0.15, 0.2) is 134 Å². The number of H-pyrrole nitrogens is 4. The Balaban J connectivity index is 0.958. The molecular formula is C55H42F2N14O. The van der Waals surface area contributed by atoms with Crippen LogP contribution in [0.5, 0.6) is 0 Å². The predicted octanol–water partition coefficient (Wildman–Crippen LogP) is 11.4. The molecule has 72 heavy (non-hydrogen) atoms. The normalized spacial score (nSPS) is 11.8. The lowest BCUT2D eigenvalue weighted by atomic mass is 9.94. The minimum Gasteiger partial charge on any atom is -0.336 e. The van der Waals surface area contributed by atoms with Crippen LogP contribution in [0.3, 0.4) is 0 Å². The molecule has 0 saturated heterocycles. The summed E-state index contributed by atoms with van der Waals surface area (Å²) in [7, 11) is 0. The van der Waals surface area contributed by atoms with Crippen LogP contribution in [-0.4, -0.2) is 72.7 Å². The van der Waals surface area contributed by atoms with Gasteiger partial charge in [0.15, 0.2) is 11.6 Å². The van der Waals surface area contributed by atoms with Gasteiger partial charge in [-0.1, -0.05) is 26.8 Å². The first-order valence-corrected chi connectivity index (χ1v) is 23.3. The van der Waals surface area contributed by atoms with Crippen LogP contribution in [0.1, 0.15) is 26.3 Å². The number of halogens is 2. The molecule has 4 aromatic carbocycles. The molecule has 0 bridgehead atoms. The van der Waals surface area contributed by atoms with Crippen molar-refractivity contribution in [1.29, 1.82) is 0 Å². The van der Waals surface area contributed by atoms with Crippen molar-refractivity contribution in [2.24, 2.45) is 5.92 Å². The van der Waals surface area contributed by atoms with Crippen molar-refractivity contribution in [2.45, 2.75) is 27.3 Å². The van der Waals surface area contributed by atoms with Gasteiger partial charge in [0.2, 0.25) is 5.91 Å². The standard InChI is InChI=1S/C55H42F2N14O/c1-4-58-23-29-17-34(25-59-24-29)33-21-39(48-41(22-33)50(71-69-48)54-65-44-13-15-61-46(51(44)66-54)30-5-9-36(56)10-6-30)38-20-32(7-11-42(38)57)47-52-45(14-16-62-47)64-53(67-52)49-40-19-31(8-12-43(40)68-70-49)35-18-37(27-60-26-35)63-55(72)28(2)3/h5-22,24-28,58H,4,23H2,1-3H3,(H,63,72)(H,64,67)(H,65,66)(H,68,70)(H,69,71). The quantitative estimate of drug-likeness (QED) is 0.0683. The van der Waals surface area contributed by atoms with Crippen molar-refractivity contribution >= 4 is 55.5 Å². The fourth-order valence-electron chi connectivity index (χ4n) is 9.02. The SMILES string of the molecule is CCNCc1cncc(-c2cc(-c3cc(-c4nccc5[nH]c(-c6n[nH]c7ccc(-c8cncc(NC(=O)C(C)C)c8)cc67)nc45)ccc3F)c3[nH]nc(-c4nc5c(-c6ccc(F)cc6)nccc5[nH]4)c3c2)c1. The summed E-state index contributed by atoms with van der Waals surface area (Å²) in [6, 6.07) is 28.6. The molecule has 15 nitrogen and oxygen atoms in total. The van der Waals surface area contributed by atoms with Crippen LogP contribution in [0.25, 0.3) is 123 Å². The number of carbonyl (C=O) groups is 1. The average molecular weight is 953 g/mol. The number of hydrogen-bond acceptors (Lipinski definition) is 10. The summed E-state index contributed by atoms with van der Waals surface area (Å²) in [4.78, 5) is 47.8. The van der Waals surface area contributed by atoms with Gasteiger partial charge < -0.3 is 20.6 Å². The predicted molar refractivity (Wildman–Crippen MR) is 275 cm³/mol. The van der Waals surface area contributed by atoms with Gasteiger partial charge in [0.05, 0.1) is 45.3 Å². The molecule has 12 rings (SSSR count). The Morgan fingerprint density at radius 3 is 1.97 bits per heavy atom. The number of fused-ring (bicyclic) bond motifs is 4. The highest BCUT2D eigenvalue weighted by Crippen LogP contribution is 2.41. The number of amides is 1. The molecule has 0 aliphatic rings. The van der Waals surface area contributed by atoms with E-state index in [0.717, 1.165) is 45.3 Å². The first kappa shape index (κ1) is 43.9.